The first-order valence-electron chi connectivity index (χ1n) is 19.7. The maximum absolute atomic E-state index is 5.47. The van der Waals surface area contributed by atoms with E-state index in [0.717, 1.165) is 136 Å². The minimum atomic E-state index is 0.857. The van der Waals surface area contributed by atoms with Crippen molar-refractivity contribution in [3.05, 3.63) is 120 Å². The Hall–Kier alpha value is -6.80. The smallest absolute Gasteiger partial charge is 0.0971 e. The molecule has 2 aliphatic rings. The van der Waals surface area contributed by atoms with Crippen molar-refractivity contribution in [3.8, 4) is 0 Å². The van der Waals surface area contributed by atoms with Crippen LogP contribution in [0.3, 0.4) is 0 Å². The van der Waals surface area contributed by atoms with Gasteiger partial charge in [0, 0.05) is 89.9 Å². The van der Waals surface area contributed by atoms with Crippen LogP contribution in [0.15, 0.2) is 97.6 Å². The summed E-state index contributed by atoms with van der Waals surface area (Å²) in [6, 6.07) is 25.7. The molecule has 7 aromatic heterocycles. The first kappa shape index (κ1) is 32.6. The number of nitrogens with zero attached hydrogens (tertiary/aromatic N) is 6. The van der Waals surface area contributed by atoms with Crippen molar-refractivity contribution in [2.45, 2.75) is 53.4 Å². The summed E-state index contributed by atoms with van der Waals surface area (Å²) in [6.45, 7) is 8.93. The SMILES string of the molecule is CCC1=C(CC)c2cc3[nH]c(cc4nc(cc5[nH]c(cc1n2)c1c2cccnc2c2ncccc2c51)C(CC)=C4CC)c1c2cccnc2c2ncccc2c31. The number of fused-ring (bicyclic) bond motifs is 24. The maximum Gasteiger partial charge on any atom is 0.0971 e. The summed E-state index contributed by atoms with van der Waals surface area (Å²) < 4.78 is 0. The first-order valence-corrected chi connectivity index (χ1v) is 19.7. The molecule has 2 aromatic carbocycles. The Kier molecular flexibility index (Phi) is 7.20. The standard InChI is InChI=1S/C48H38N8/c1-5-25-26(6-2)34-22-38-42-30-14-10-18-50-46(30)48-32(16-12-20-52-48)44(42)40(56-38)24-36-28(8-4)27(7-3)35(54-36)23-39-43-31-15-11-19-51-47(31)45-29(13-9-17-49-45)41(43)37(55-39)21-33(25)53-34/h9-24,55-56H,5-8H2,1-4H3. The molecule has 270 valence electrons. The number of rotatable bonds is 4. The van der Waals surface area contributed by atoms with E-state index in [0.29, 0.717) is 0 Å². The molecule has 11 rings (SSSR count). The highest BCUT2D eigenvalue weighted by Crippen LogP contribution is 2.44. The number of H-pyrrole nitrogens is 2. The fourth-order valence-electron chi connectivity index (χ4n) is 9.56. The van der Waals surface area contributed by atoms with Crippen molar-refractivity contribution >= 4 is 110 Å². The number of aromatic nitrogens is 8. The van der Waals surface area contributed by atoms with Crippen LogP contribution in [-0.2, 0) is 0 Å². The zero-order chi connectivity index (χ0) is 37.7. The quantitative estimate of drug-likeness (QED) is 0.175. The number of benzene rings is 2. The Morgan fingerprint density at radius 3 is 0.857 bits per heavy atom. The van der Waals surface area contributed by atoms with E-state index in [4.69, 9.17) is 29.9 Å². The molecule has 0 atom stereocenters. The minimum Gasteiger partial charge on any atom is -0.354 e. The molecule has 0 aliphatic carbocycles. The average Bonchev–Trinajstić information content (AvgIpc) is 3.98. The van der Waals surface area contributed by atoms with Crippen molar-refractivity contribution in [1.29, 1.82) is 0 Å². The molecule has 0 saturated heterocycles. The van der Waals surface area contributed by atoms with E-state index in [1.54, 1.807) is 0 Å². The molecule has 2 N–H and O–H groups in total. The highest BCUT2D eigenvalue weighted by Gasteiger charge is 2.23. The van der Waals surface area contributed by atoms with Crippen LogP contribution in [0.25, 0.3) is 110 Å². The Bertz CT molecular complexity index is 2970. The lowest BCUT2D eigenvalue weighted by Gasteiger charge is -2.06. The molecule has 9 heterocycles. The highest BCUT2D eigenvalue weighted by molar-refractivity contribution is 6.33. The van der Waals surface area contributed by atoms with Gasteiger partial charge in [0.25, 0.3) is 0 Å². The second-order valence-electron chi connectivity index (χ2n) is 14.7. The van der Waals surface area contributed by atoms with E-state index >= 15 is 0 Å². The van der Waals surface area contributed by atoms with E-state index < -0.39 is 0 Å². The number of hydrogen-bond donors (Lipinski definition) is 2. The predicted molar refractivity (Wildman–Crippen MR) is 232 cm³/mol. The van der Waals surface area contributed by atoms with Crippen molar-refractivity contribution in [1.82, 2.24) is 39.9 Å². The number of nitrogens with one attached hydrogen (secondary N) is 2. The Balaban J connectivity index is 1.42. The van der Waals surface area contributed by atoms with Gasteiger partial charge in [-0.05, 0) is 96.5 Å². The predicted octanol–water partition coefficient (Wildman–Crippen LogP) is 12.3. The molecule has 56 heavy (non-hydrogen) atoms. The average molecular weight is 727 g/mol. The molecule has 8 nitrogen and oxygen atoms in total. The zero-order valence-corrected chi connectivity index (χ0v) is 31.7. The van der Waals surface area contributed by atoms with Gasteiger partial charge in [0.1, 0.15) is 0 Å². The lowest BCUT2D eigenvalue weighted by Crippen LogP contribution is -1.86. The maximum atomic E-state index is 5.47. The van der Waals surface area contributed by atoms with E-state index in [9.17, 15) is 0 Å². The molecule has 0 saturated carbocycles. The third-order valence-corrected chi connectivity index (χ3v) is 11.9. The molecule has 2 aliphatic heterocycles. The molecular weight excluding hydrogens is 689 g/mol. The number of aromatic amines is 2. The summed E-state index contributed by atoms with van der Waals surface area (Å²) in [4.78, 5) is 38.3. The number of pyridine rings is 4. The Morgan fingerprint density at radius 1 is 0.375 bits per heavy atom. The largest absolute Gasteiger partial charge is 0.354 e. The molecule has 0 radical (unpaired) electrons. The molecule has 8 bridgehead atoms. The van der Waals surface area contributed by atoms with E-state index in [-0.39, 0.29) is 0 Å². The fraction of sp³-hybridized carbons (Fsp3) is 0.167. The van der Waals surface area contributed by atoms with Gasteiger partial charge in [0.2, 0.25) is 0 Å². The zero-order valence-electron chi connectivity index (χ0n) is 31.7. The third kappa shape index (κ3) is 4.53. The van der Waals surface area contributed by atoms with E-state index in [2.05, 4.69) is 86.2 Å². The van der Waals surface area contributed by atoms with Gasteiger partial charge in [-0.2, -0.15) is 0 Å². The summed E-state index contributed by atoms with van der Waals surface area (Å²) in [7, 11) is 0. The normalized spacial score (nSPS) is 13.5. The fourth-order valence-corrected chi connectivity index (χ4v) is 9.56. The van der Waals surface area contributed by atoms with Crippen LogP contribution in [0.5, 0.6) is 0 Å². The van der Waals surface area contributed by atoms with Crippen LogP contribution in [0.1, 0.15) is 76.2 Å². The minimum absolute atomic E-state index is 0.857. The molecule has 9 aromatic rings. The molecule has 0 amide bonds. The molecule has 0 spiro atoms. The van der Waals surface area contributed by atoms with Crippen molar-refractivity contribution < 1.29 is 0 Å². The van der Waals surface area contributed by atoms with Crippen LogP contribution in [0.4, 0.5) is 0 Å². The summed E-state index contributed by atoms with van der Waals surface area (Å²) in [6.07, 6.45) is 10.9. The van der Waals surface area contributed by atoms with Gasteiger partial charge >= 0.3 is 0 Å². The van der Waals surface area contributed by atoms with Gasteiger partial charge in [-0.25, -0.2) is 9.97 Å². The number of hydrogen-bond acceptors (Lipinski definition) is 6. The summed E-state index contributed by atoms with van der Waals surface area (Å²) in [5.41, 5.74) is 16.5. The number of allylic oxidation sites excluding steroid dienone is 4. The Morgan fingerprint density at radius 2 is 0.625 bits per heavy atom. The summed E-state index contributed by atoms with van der Waals surface area (Å²) in [5.74, 6) is 0. The third-order valence-electron chi connectivity index (χ3n) is 11.9. The van der Waals surface area contributed by atoms with Crippen LogP contribution in [0, 0.1) is 0 Å². The van der Waals surface area contributed by atoms with Crippen LogP contribution in [0.2, 0.25) is 0 Å². The second kappa shape index (κ2) is 12.4. The van der Waals surface area contributed by atoms with Crippen molar-refractivity contribution in [2.75, 3.05) is 0 Å². The molecule has 8 heteroatoms. The van der Waals surface area contributed by atoms with E-state index in [1.165, 1.54) is 22.3 Å². The topological polar surface area (TPSA) is 109 Å². The van der Waals surface area contributed by atoms with Gasteiger partial charge in [-0.15, -0.1) is 0 Å². The Labute approximate surface area is 322 Å². The van der Waals surface area contributed by atoms with Gasteiger partial charge in [0.05, 0.1) is 44.8 Å². The van der Waals surface area contributed by atoms with Crippen molar-refractivity contribution in [2.24, 2.45) is 0 Å². The monoisotopic (exact) mass is 726 g/mol. The van der Waals surface area contributed by atoms with Crippen LogP contribution >= 0.6 is 0 Å². The molecule has 0 unspecified atom stereocenters. The summed E-state index contributed by atoms with van der Waals surface area (Å²) in [5, 5.41) is 8.69. The second-order valence-corrected chi connectivity index (χ2v) is 14.7. The first-order chi connectivity index (χ1) is 27.6. The van der Waals surface area contributed by atoms with Crippen LogP contribution < -0.4 is 0 Å². The van der Waals surface area contributed by atoms with Gasteiger partial charge < -0.3 is 9.97 Å². The van der Waals surface area contributed by atoms with Gasteiger partial charge in [-0.1, -0.05) is 52.0 Å². The highest BCUT2D eigenvalue weighted by atomic mass is 14.8. The van der Waals surface area contributed by atoms with Gasteiger partial charge in [0.15, 0.2) is 0 Å². The van der Waals surface area contributed by atoms with Crippen molar-refractivity contribution in [3.63, 3.8) is 0 Å². The lowest BCUT2D eigenvalue weighted by molar-refractivity contribution is 1.20. The summed E-state index contributed by atoms with van der Waals surface area (Å²) >= 11 is 0. The lowest BCUT2D eigenvalue weighted by atomic mass is 9.98. The van der Waals surface area contributed by atoms with E-state index in [1.807, 2.05) is 49.1 Å². The molecular formula is C48H38N8. The molecule has 0 fully saturated rings. The van der Waals surface area contributed by atoms with Crippen LogP contribution in [-0.4, -0.2) is 39.9 Å². The van der Waals surface area contributed by atoms with Gasteiger partial charge in [-0.3, -0.25) is 19.9 Å².